The number of amides is 1. The molecule has 3 rings (SSSR count). The fraction of sp³-hybridized carbons (Fsp3) is 0.591. The molecule has 166 valence electrons. The number of carbonyl (C=O) groups excluding carboxylic acids is 1. The highest BCUT2D eigenvalue weighted by Crippen LogP contribution is 2.27. The molecule has 0 atom stereocenters. The topological polar surface area (TPSA) is 118 Å². The maximum Gasteiger partial charge on any atom is 0.230 e. The molecular formula is C22H31N7O2. The Hall–Kier alpha value is -3.15. The zero-order valence-corrected chi connectivity index (χ0v) is 18.9. The molecule has 2 heterocycles. The first-order chi connectivity index (χ1) is 14.7. The van der Waals surface area contributed by atoms with Gasteiger partial charge in [-0.2, -0.15) is 15.3 Å². The maximum absolute atomic E-state index is 11.2. The molecule has 2 aromatic rings. The van der Waals surface area contributed by atoms with E-state index in [1.165, 1.54) is 0 Å². The van der Waals surface area contributed by atoms with Gasteiger partial charge in [0.05, 0.1) is 30.3 Å². The van der Waals surface area contributed by atoms with Crippen LogP contribution in [0.15, 0.2) is 12.4 Å². The van der Waals surface area contributed by atoms with E-state index in [2.05, 4.69) is 31.8 Å². The number of anilines is 2. The predicted octanol–water partition coefficient (Wildman–Crippen LogP) is 3.37. The molecule has 0 spiro atoms. The van der Waals surface area contributed by atoms with Crippen LogP contribution in [-0.4, -0.2) is 38.3 Å². The second-order valence-corrected chi connectivity index (χ2v) is 8.78. The summed E-state index contributed by atoms with van der Waals surface area (Å²) in [5.41, 5.74) is 1.63. The third-order valence-electron chi connectivity index (χ3n) is 5.63. The van der Waals surface area contributed by atoms with Gasteiger partial charge in [0.25, 0.3) is 0 Å². The molecule has 2 N–H and O–H groups in total. The van der Waals surface area contributed by atoms with E-state index in [4.69, 9.17) is 4.74 Å². The number of carbonyl (C=O) groups is 1. The molecule has 0 bridgehead atoms. The first kappa shape index (κ1) is 22.5. The van der Waals surface area contributed by atoms with E-state index < -0.39 is 5.54 Å². The number of hydrogen-bond acceptors (Lipinski definition) is 7. The summed E-state index contributed by atoms with van der Waals surface area (Å²) < 4.78 is 7.67. The van der Waals surface area contributed by atoms with Crippen LogP contribution in [0.25, 0.3) is 0 Å². The summed E-state index contributed by atoms with van der Waals surface area (Å²) in [6.45, 7) is 9.57. The Morgan fingerprint density at radius 2 is 2.03 bits per heavy atom. The number of ether oxygens (including phenoxy) is 1. The number of nitrogens with one attached hydrogen (secondary N) is 2. The molecule has 0 aromatic carbocycles. The minimum atomic E-state index is -0.744. The van der Waals surface area contributed by atoms with Crippen LogP contribution in [-0.2, 0) is 10.3 Å². The van der Waals surface area contributed by atoms with Gasteiger partial charge in [0.1, 0.15) is 5.54 Å². The lowest BCUT2D eigenvalue weighted by Gasteiger charge is -2.28. The van der Waals surface area contributed by atoms with Gasteiger partial charge in [-0.1, -0.05) is 0 Å². The van der Waals surface area contributed by atoms with E-state index in [0.717, 1.165) is 42.6 Å². The molecule has 0 radical (unpaired) electrons. The monoisotopic (exact) mass is 425 g/mol. The smallest absolute Gasteiger partial charge is 0.230 e. The normalized spacial score (nSPS) is 18.8. The fourth-order valence-electron chi connectivity index (χ4n) is 3.63. The van der Waals surface area contributed by atoms with Crippen molar-refractivity contribution in [2.24, 2.45) is 5.92 Å². The summed E-state index contributed by atoms with van der Waals surface area (Å²) >= 11 is 0. The van der Waals surface area contributed by atoms with Crippen LogP contribution >= 0.6 is 0 Å². The first-order valence-corrected chi connectivity index (χ1v) is 10.7. The molecule has 1 fully saturated rings. The summed E-state index contributed by atoms with van der Waals surface area (Å²) in [7, 11) is 0. The Balaban J connectivity index is 1.61. The number of aromatic nitrogens is 4. The largest absolute Gasteiger partial charge is 0.477 e. The van der Waals surface area contributed by atoms with Gasteiger partial charge in [-0.05, 0) is 59.3 Å². The van der Waals surface area contributed by atoms with E-state index in [1.54, 1.807) is 37.8 Å². The van der Waals surface area contributed by atoms with Crippen LogP contribution in [0.4, 0.5) is 11.6 Å². The van der Waals surface area contributed by atoms with Crippen LogP contribution < -0.4 is 15.4 Å². The third-order valence-corrected chi connectivity index (χ3v) is 5.63. The molecule has 0 aliphatic heterocycles. The quantitative estimate of drug-likeness (QED) is 0.698. The van der Waals surface area contributed by atoms with Crippen molar-refractivity contribution >= 4 is 17.5 Å². The Morgan fingerprint density at radius 3 is 2.68 bits per heavy atom. The Morgan fingerprint density at radius 1 is 1.32 bits per heavy atom. The lowest BCUT2D eigenvalue weighted by Crippen LogP contribution is -2.37. The number of hydrogen-bond donors (Lipinski definition) is 2. The number of rotatable bonds is 7. The molecule has 31 heavy (non-hydrogen) atoms. The van der Waals surface area contributed by atoms with E-state index >= 15 is 0 Å². The zero-order valence-electron chi connectivity index (χ0n) is 18.9. The summed E-state index contributed by atoms with van der Waals surface area (Å²) in [6, 6.07) is 2.52. The van der Waals surface area contributed by atoms with Gasteiger partial charge in [0.15, 0.2) is 0 Å². The number of nitriles is 1. The number of nitrogens with zero attached hydrogens (tertiary/aromatic N) is 5. The Kier molecular flexibility index (Phi) is 6.78. The van der Waals surface area contributed by atoms with Gasteiger partial charge in [-0.25, -0.2) is 4.98 Å². The van der Waals surface area contributed by atoms with Gasteiger partial charge in [-0.15, -0.1) is 0 Å². The van der Waals surface area contributed by atoms with Gasteiger partial charge < -0.3 is 15.4 Å². The standard InChI is InChI=1S/C22H31N7O2/c1-14-10-24-21(26-19-11-29(28-15(19)2)22(4,5)13-23)27-20(14)31-12-17-6-8-18(9-7-17)25-16(3)30/h10-11,17-18H,6-9,12H2,1-5H3,(H,25,30)(H,24,26,27). The lowest BCUT2D eigenvalue weighted by atomic mass is 9.86. The summed E-state index contributed by atoms with van der Waals surface area (Å²) in [4.78, 5) is 20.1. The summed E-state index contributed by atoms with van der Waals surface area (Å²) in [5.74, 6) is 1.47. The minimum absolute atomic E-state index is 0.0355. The van der Waals surface area contributed by atoms with Crippen molar-refractivity contribution in [1.29, 1.82) is 5.26 Å². The highest BCUT2D eigenvalue weighted by molar-refractivity contribution is 5.73. The molecule has 0 saturated heterocycles. The predicted molar refractivity (Wildman–Crippen MR) is 117 cm³/mol. The highest BCUT2D eigenvalue weighted by Gasteiger charge is 2.23. The molecular weight excluding hydrogens is 394 g/mol. The molecule has 9 nitrogen and oxygen atoms in total. The van der Waals surface area contributed by atoms with Crippen LogP contribution in [0, 0.1) is 31.1 Å². The van der Waals surface area contributed by atoms with Crippen molar-refractivity contribution in [3.63, 3.8) is 0 Å². The molecule has 1 saturated carbocycles. The van der Waals surface area contributed by atoms with Crippen LogP contribution in [0.3, 0.4) is 0 Å². The highest BCUT2D eigenvalue weighted by atomic mass is 16.5. The SMILES string of the molecule is CC(=O)NC1CCC(COc2nc(Nc3cn(C(C)(C)C#N)nc3C)ncc2C)CC1. The van der Waals surface area contributed by atoms with E-state index in [-0.39, 0.29) is 11.9 Å². The van der Waals surface area contributed by atoms with E-state index in [1.807, 2.05) is 13.8 Å². The fourth-order valence-corrected chi connectivity index (χ4v) is 3.63. The van der Waals surface area contributed by atoms with Crippen LogP contribution in [0.2, 0.25) is 0 Å². The second-order valence-electron chi connectivity index (χ2n) is 8.78. The van der Waals surface area contributed by atoms with Gasteiger partial charge in [0.2, 0.25) is 17.7 Å². The first-order valence-electron chi connectivity index (χ1n) is 10.7. The Bertz CT molecular complexity index is 969. The number of aryl methyl sites for hydroxylation is 2. The maximum atomic E-state index is 11.2. The van der Waals surface area contributed by atoms with Crippen LogP contribution in [0.1, 0.15) is 57.7 Å². The van der Waals surface area contributed by atoms with Crippen molar-refractivity contribution < 1.29 is 9.53 Å². The molecule has 1 aliphatic rings. The lowest BCUT2D eigenvalue weighted by molar-refractivity contribution is -0.119. The summed E-state index contributed by atoms with van der Waals surface area (Å²) in [6.07, 6.45) is 7.52. The Labute approximate surface area is 183 Å². The second kappa shape index (κ2) is 9.33. The molecule has 1 aliphatic carbocycles. The minimum Gasteiger partial charge on any atom is -0.477 e. The van der Waals surface area contributed by atoms with Crippen LogP contribution in [0.5, 0.6) is 5.88 Å². The van der Waals surface area contributed by atoms with Crippen molar-refractivity contribution in [3.8, 4) is 11.9 Å². The van der Waals surface area contributed by atoms with Gasteiger partial charge in [0, 0.05) is 24.7 Å². The van der Waals surface area contributed by atoms with Crippen molar-refractivity contribution in [3.05, 3.63) is 23.7 Å². The average molecular weight is 426 g/mol. The molecule has 2 aromatic heterocycles. The molecule has 0 unspecified atom stereocenters. The van der Waals surface area contributed by atoms with E-state index in [9.17, 15) is 10.1 Å². The van der Waals surface area contributed by atoms with Gasteiger partial charge >= 0.3 is 0 Å². The molecule has 1 amide bonds. The van der Waals surface area contributed by atoms with Gasteiger partial charge in [-0.3, -0.25) is 9.48 Å². The van der Waals surface area contributed by atoms with Crippen molar-refractivity contribution in [1.82, 2.24) is 25.1 Å². The third kappa shape index (κ3) is 5.72. The zero-order chi connectivity index (χ0) is 22.6. The van der Waals surface area contributed by atoms with Crippen molar-refractivity contribution in [2.45, 2.75) is 71.9 Å². The van der Waals surface area contributed by atoms with E-state index in [0.29, 0.717) is 24.4 Å². The molecule has 9 heteroatoms. The summed E-state index contributed by atoms with van der Waals surface area (Å²) in [5, 5.41) is 19.9. The van der Waals surface area contributed by atoms with Crippen molar-refractivity contribution in [2.75, 3.05) is 11.9 Å². The average Bonchev–Trinajstić information content (AvgIpc) is 3.10.